The van der Waals surface area contributed by atoms with Crippen molar-refractivity contribution >= 4 is 33.2 Å². The second kappa shape index (κ2) is 7.43. The number of halogens is 1. The van der Waals surface area contributed by atoms with Crippen LogP contribution in [0.5, 0.6) is 0 Å². The van der Waals surface area contributed by atoms with Crippen molar-refractivity contribution in [1.82, 2.24) is 4.72 Å². The van der Waals surface area contributed by atoms with Gasteiger partial charge in [-0.1, -0.05) is 35.9 Å². The normalized spacial score (nSPS) is 11.8. The monoisotopic (exact) mass is 396 g/mol. The first-order chi connectivity index (χ1) is 12.0. The van der Waals surface area contributed by atoms with E-state index in [1.165, 1.54) is 24.3 Å². The lowest BCUT2D eigenvalue weighted by atomic mass is 9.84. The fourth-order valence-corrected chi connectivity index (χ4v) is 3.68. The Hall–Kier alpha value is -2.45. The third-order valence-corrected chi connectivity index (χ3v) is 5.31. The summed E-state index contributed by atoms with van der Waals surface area (Å²) >= 11 is 5.93. The van der Waals surface area contributed by atoms with Crippen molar-refractivity contribution in [3.8, 4) is 0 Å². The van der Waals surface area contributed by atoms with Crippen molar-refractivity contribution in [2.75, 3.05) is 0 Å². The molecule has 0 aromatic heterocycles. The van der Waals surface area contributed by atoms with Crippen LogP contribution in [-0.2, 0) is 26.0 Å². The van der Waals surface area contributed by atoms with Gasteiger partial charge >= 0.3 is 0 Å². The second-order valence-electron chi connectivity index (χ2n) is 6.25. The molecule has 0 saturated carbocycles. The van der Waals surface area contributed by atoms with Gasteiger partial charge in [0.15, 0.2) is 0 Å². The van der Waals surface area contributed by atoms with Gasteiger partial charge in [-0.25, -0.2) is 8.42 Å². The number of hydrogen-bond donors (Lipinski definition) is 1. The lowest BCUT2D eigenvalue weighted by Crippen LogP contribution is -2.43. The number of carbonyl (C=O) groups excluding carboxylic acids is 1. The molecular weight excluding hydrogens is 380 g/mol. The minimum atomic E-state index is -3.97. The highest BCUT2D eigenvalue weighted by atomic mass is 35.5. The first-order valence-corrected chi connectivity index (χ1v) is 9.58. The first kappa shape index (κ1) is 19.9. The summed E-state index contributed by atoms with van der Waals surface area (Å²) in [5.74, 6) is -1.16. The average molecular weight is 397 g/mol. The number of amides is 1. The number of hydrogen-bond acceptors (Lipinski definition) is 5. The minimum Gasteiger partial charge on any atom is -0.273 e. The van der Waals surface area contributed by atoms with Gasteiger partial charge in [0.1, 0.15) is 0 Å². The highest BCUT2D eigenvalue weighted by Gasteiger charge is 2.32. The molecule has 0 saturated heterocycles. The van der Waals surface area contributed by atoms with Gasteiger partial charge < -0.3 is 0 Å². The van der Waals surface area contributed by atoms with E-state index in [9.17, 15) is 23.3 Å². The largest absolute Gasteiger partial charge is 0.273 e. The topological polar surface area (TPSA) is 106 Å². The van der Waals surface area contributed by atoms with E-state index in [4.69, 9.17) is 11.6 Å². The molecule has 0 radical (unpaired) electrons. The Labute approximate surface area is 156 Å². The molecule has 1 amide bonds. The molecule has 9 heteroatoms. The fraction of sp³-hybridized carbons (Fsp3) is 0.235. The molecule has 2 aromatic carbocycles. The van der Waals surface area contributed by atoms with Crippen LogP contribution in [0, 0.1) is 10.1 Å². The van der Waals surface area contributed by atoms with E-state index >= 15 is 0 Å². The Kier molecular flexibility index (Phi) is 5.68. The summed E-state index contributed by atoms with van der Waals surface area (Å²) in [6.07, 6.45) is 0. The van der Waals surface area contributed by atoms with E-state index in [-0.39, 0.29) is 5.69 Å². The lowest BCUT2D eigenvalue weighted by molar-refractivity contribution is -0.384. The molecular formula is C17H17ClN2O5S. The number of nitrogens with one attached hydrogen (secondary N) is 1. The van der Waals surface area contributed by atoms with E-state index in [1.54, 1.807) is 38.1 Å². The molecule has 0 aliphatic heterocycles. The SMILES string of the molecule is CC(C)(C(=O)NS(=O)(=O)Cc1ccc([N+](=O)[O-])cc1)c1cccc(Cl)c1. The quantitative estimate of drug-likeness (QED) is 0.596. The van der Waals surface area contributed by atoms with E-state index in [0.29, 0.717) is 16.1 Å². The van der Waals surface area contributed by atoms with E-state index in [0.717, 1.165) is 0 Å². The van der Waals surface area contributed by atoms with Crippen LogP contribution in [0.2, 0.25) is 5.02 Å². The van der Waals surface area contributed by atoms with Gasteiger partial charge in [0.05, 0.1) is 16.1 Å². The average Bonchev–Trinajstić information content (AvgIpc) is 2.54. The zero-order valence-electron chi connectivity index (χ0n) is 14.1. The predicted octanol–water partition coefficient (Wildman–Crippen LogP) is 3.17. The summed E-state index contributed by atoms with van der Waals surface area (Å²) in [7, 11) is -3.97. The van der Waals surface area contributed by atoms with Gasteiger partial charge in [-0.3, -0.25) is 19.6 Å². The third kappa shape index (κ3) is 4.80. The van der Waals surface area contributed by atoms with E-state index < -0.39 is 32.0 Å². The fourth-order valence-electron chi connectivity index (χ4n) is 2.25. The molecule has 0 aliphatic carbocycles. The van der Waals surface area contributed by atoms with Gasteiger partial charge in [0.2, 0.25) is 15.9 Å². The molecule has 0 unspecified atom stereocenters. The maximum absolute atomic E-state index is 12.5. The van der Waals surface area contributed by atoms with Crippen molar-refractivity contribution in [1.29, 1.82) is 0 Å². The number of carbonyl (C=O) groups is 1. The molecule has 138 valence electrons. The zero-order valence-corrected chi connectivity index (χ0v) is 15.7. The summed E-state index contributed by atoms with van der Waals surface area (Å²) in [5, 5.41) is 11.1. The molecule has 0 fully saturated rings. The summed E-state index contributed by atoms with van der Waals surface area (Å²) < 4.78 is 26.6. The zero-order chi connectivity index (χ0) is 19.5. The van der Waals surface area contributed by atoms with Crippen molar-refractivity contribution in [2.45, 2.75) is 25.0 Å². The van der Waals surface area contributed by atoms with Gasteiger partial charge in [0, 0.05) is 17.2 Å². The second-order valence-corrected chi connectivity index (χ2v) is 8.41. The molecule has 26 heavy (non-hydrogen) atoms. The Balaban J connectivity index is 2.14. The standard InChI is InChI=1S/C17H17ClN2O5S/c1-17(2,13-4-3-5-14(18)10-13)16(21)19-26(24,25)11-12-6-8-15(9-7-12)20(22)23/h3-10H,11H2,1-2H3,(H,19,21). The first-order valence-electron chi connectivity index (χ1n) is 7.55. The Morgan fingerprint density at radius 3 is 2.35 bits per heavy atom. The molecule has 0 aliphatic rings. The van der Waals surface area contributed by atoms with Crippen LogP contribution in [0.1, 0.15) is 25.0 Å². The van der Waals surface area contributed by atoms with E-state index in [1.807, 2.05) is 0 Å². The lowest BCUT2D eigenvalue weighted by Gasteiger charge is -2.24. The molecule has 2 aromatic rings. The maximum atomic E-state index is 12.5. The van der Waals surface area contributed by atoms with Crippen LogP contribution in [0.25, 0.3) is 0 Å². The predicted molar refractivity (Wildman–Crippen MR) is 98.3 cm³/mol. The molecule has 0 bridgehead atoms. The maximum Gasteiger partial charge on any atom is 0.269 e. The van der Waals surface area contributed by atoms with Crippen LogP contribution in [-0.4, -0.2) is 19.2 Å². The Morgan fingerprint density at radius 2 is 1.81 bits per heavy atom. The number of benzene rings is 2. The molecule has 1 N–H and O–H groups in total. The number of non-ortho nitro benzene ring substituents is 1. The number of rotatable bonds is 6. The van der Waals surface area contributed by atoms with E-state index in [2.05, 4.69) is 4.72 Å². The van der Waals surface area contributed by atoms with Crippen molar-refractivity contribution in [3.63, 3.8) is 0 Å². The number of nitro groups is 1. The van der Waals surface area contributed by atoms with Crippen LogP contribution < -0.4 is 4.72 Å². The highest BCUT2D eigenvalue weighted by Crippen LogP contribution is 2.26. The van der Waals surface area contributed by atoms with Gasteiger partial charge in [0.25, 0.3) is 5.69 Å². The number of sulfonamides is 1. The summed E-state index contributed by atoms with van der Waals surface area (Å²) in [5.41, 5.74) is -0.352. The van der Waals surface area contributed by atoms with Crippen molar-refractivity contribution in [3.05, 3.63) is 74.8 Å². The Morgan fingerprint density at radius 1 is 1.19 bits per heavy atom. The summed E-state index contributed by atoms with van der Waals surface area (Å²) in [4.78, 5) is 22.6. The van der Waals surface area contributed by atoms with Crippen molar-refractivity contribution < 1.29 is 18.1 Å². The Bertz CT molecular complexity index is 940. The molecule has 0 spiro atoms. The molecule has 2 rings (SSSR count). The third-order valence-electron chi connectivity index (χ3n) is 3.87. The molecule has 0 heterocycles. The number of nitrogens with zero attached hydrogens (tertiary/aromatic N) is 1. The van der Waals surface area contributed by atoms with Crippen LogP contribution in [0.4, 0.5) is 5.69 Å². The van der Waals surface area contributed by atoms with Crippen LogP contribution in [0.3, 0.4) is 0 Å². The van der Waals surface area contributed by atoms with Gasteiger partial charge in [-0.05, 0) is 37.1 Å². The molecule has 7 nitrogen and oxygen atoms in total. The van der Waals surface area contributed by atoms with Crippen LogP contribution in [0.15, 0.2) is 48.5 Å². The van der Waals surface area contributed by atoms with Crippen LogP contribution >= 0.6 is 11.6 Å². The van der Waals surface area contributed by atoms with Gasteiger partial charge in [-0.15, -0.1) is 0 Å². The molecule has 0 atom stereocenters. The summed E-state index contributed by atoms with van der Waals surface area (Å²) in [6.45, 7) is 3.19. The van der Waals surface area contributed by atoms with Crippen molar-refractivity contribution in [2.24, 2.45) is 0 Å². The van der Waals surface area contributed by atoms with Gasteiger partial charge in [-0.2, -0.15) is 0 Å². The minimum absolute atomic E-state index is 0.141. The summed E-state index contributed by atoms with van der Waals surface area (Å²) in [6, 6.07) is 11.7. The number of nitro benzene ring substituents is 1. The highest BCUT2D eigenvalue weighted by molar-refractivity contribution is 7.89. The smallest absolute Gasteiger partial charge is 0.269 e.